The second kappa shape index (κ2) is 8.66. The van der Waals surface area contributed by atoms with Crippen LogP contribution in [0, 0.1) is 11.3 Å². The molecule has 1 rings (SSSR count). The van der Waals surface area contributed by atoms with E-state index in [1.165, 1.54) is 19.3 Å². The minimum atomic E-state index is -0.328. The lowest BCUT2D eigenvalue weighted by Gasteiger charge is -2.35. The number of rotatable bonds is 8. The van der Waals surface area contributed by atoms with E-state index >= 15 is 0 Å². The van der Waals surface area contributed by atoms with Crippen molar-refractivity contribution in [1.82, 2.24) is 5.32 Å². The number of carbonyl (C=O) groups is 1. The highest BCUT2D eigenvalue weighted by atomic mass is 16.2. The van der Waals surface area contributed by atoms with E-state index in [1.54, 1.807) is 0 Å². The first kappa shape index (κ1) is 17.5. The molecule has 118 valence electrons. The molecular weight excluding hydrogens is 248 g/mol. The normalized spacial score (nSPS) is 23.6. The maximum Gasteiger partial charge on any atom is 0.227 e. The summed E-state index contributed by atoms with van der Waals surface area (Å²) in [6.07, 6.45) is 9.95. The van der Waals surface area contributed by atoms with Crippen molar-refractivity contribution in [2.75, 3.05) is 6.54 Å². The predicted molar refractivity (Wildman–Crippen MR) is 85.5 cm³/mol. The van der Waals surface area contributed by atoms with Crippen molar-refractivity contribution in [3.8, 4) is 0 Å². The van der Waals surface area contributed by atoms with Gasteiger partial charge in [0.25, 0.3) is 0 Å². The number of amides is 1. The zero-order valence-corrected chi connectivity index (χ0v) is 13.7. The molecule has 0 aromatic heterocycles. The number of hydrogen-bond acceptors (Lipinski definition) is 2. The van der Waals surface area contributed by atoms with Gasteiger partial charge in [-0.05, 0) is 44.4 Å². The average Bonchev–Trinajstić information content (AvgIpc) is 2.47. The van der Waals surface area contributed by atoms with E-state index in [4.69, 9.17) is 5.73 Å². The molecule has 1 saturated carbocycles. The van der Waals surface area contributed by atoms with Gasteiger partial charge in [0.1, 0.15) is 0 Å². The Balaban J connectivity index is 2.57. The van der Waals surface area contributed by atoms with Crippen LogP contribution in [0.15, 0.2) is 0 Å². The lowest BCUT2D eigenvalue weighted by Crippen LogP contribution is -2.50. The van der Waals surface area contributed by atoms with Gasteiger partial charge in [-0.25, -0.2) is 0 Å². The Morgan fingerprint density at radius 2 is 1.65 bits per heavy atom. The van der Waals surface area contributed by atoms with Crippen LogP contribution in [-0.4, -0.2) is 18.5 Å². The molecule has 0 aliphatic heterocycles. The van der Waals surface area contributed by atoms with Gasteiger partial charge >= 0.3 is 0 Å². The molecule has 3 N–H and O–H groups in total. The van der Waals surface area contributed by atoms with Crippen LogP contribution in [0.1, 0.15) is 78.6 Å². The number of nitrogens with one attached hydrogen (secondary N) is 1. The molecule has 0 radical (unpaired) electrons. The van der Waals surface area contributed by atoms with E-state index in [9.17, 15) is 4.79 Å². The predicted octanol–water partition coefficient (Wildman–Crippen LogP) is 3.62. The first-order chi connectivity index (χ1) is 9.61. The van der Waals surface area contributed by atoms with Crippen LogP contribution in [0.4, 0.5) is 0 Å². The third kappa shape index (κ3) is 4.47. The molecule has 1 fully saturated rings. The van der Waals surface area contributed by atoms with Crippen LogP contribution in [0.3, 0.4) is 0 Å². The van der Waals surface area contributed by atoms with Crippen molar-refractivity contribution in [2.45, 2.75) is 84.6 Å². The van der Waals surface area contributed by atoms with E-state index in [0.717, 1.165) is 44.4 Å². The average molecular weight is 282 g/mol. The highest BCUT2D eigenvalue weighted by Gasteiger charge is 2.36. The SMILES string of the molecule is CCCC(CN)(CCC)C(=O)NC1CCC(CC)CC1. The molecule has 3 heteroatoms. The fourth-order valence-electron chi connectivity index (χ4n) is 3.66. The molecular formula is C17H34N2O. The van der Waals surface area contributed by atoms with Crippen LogP contribution in [0.25, 0.3) is 0 Å². The molecule has 0 unspecified atom stereocenters. The summed E-state index contributed by atoms with van der Waals surface area (Å²) in [6.45, 7) is 7.02. The van der Waals surface area contributed by atoms with Gasteiger partial charge in [0.15, 0.2) is 0 Å². The Kier molecular flexibility index (Phi) is 7.57. The van der Waals surface area contributed by atoms with E-state index in [0.29, 0.717) is 12.6 Å². The molecule has 0 saturated heterocycles. The summed E-state index contributed by atoms with van der Waals surface area (Å²) >= 11 is 0. The van der Waals surface area contributed by atoms with Gasteiger partial charge in [-0.1, -0.05) is 40.0 Å². The lowest BCUT2D eigenvalue weighted by molar-refractivity contribution is -0.132. The zero-order valence-electron chi connectivity index (χ0n) is 13.7. The molecule has 0 spiro atoms. The second-order valence-electron chi connectivity index (χ2n) is 6.58. The highest BCUT2D eigenvalue weighted by molar-refractivity contribution is 5.83. The minimum Gasteiger partial charge on any atom is -0.353 e. The Hall–Kier alpha value is -0.570. The van der Waals surface area contributed by atoms with Gasteiger partial charge in [0.2, 0.25) is 5.91 Å². The van der Waals surface area contributed by atoms with Gasteiger partial charge in [0, 0.05) is 12.6 Å². The second-order valence-corrected chi connectivity index (χ2v) is 6.58. The molecule has 1 aliphatic carbocycles. The molecule has 0 bridgehead atoms. The summed E-state index contributed by atoms with van der Waals surface area (Å²) in [6, 6.07) is 0.380. The maximum atomic E-state index is 12.7. The quantitative estimate of drug-likeness (QED) is 0.714. The molecule has 1 amide bonds. The Morgan fingerprint density at radius 3 is 2.05 bits per heavy atom. The third-order valence-corrected chi connectivity index (χ3v) is 5.09. The molecule has 0 aromatic carbocycles. The Bertz CT molecular complexity index is 277. The van der Waals surface area contributed by atoms with Crippen LogP contribution in [0.5, 0.6) is 0 Å². The first-order valence-electron chi connectivity index (χ1n) is 8.62. The standard InChI is InChI=1S/C17H34N2O/c1-4-11-17(13-18,12-5-2)16(20)19-15-9-7-14(6-3)8-10-15/h14-15H,4-13,18H2,1-3H3,(H,19,20). The summed E-state index contributed by atoms with van der Waals surface area (Å²) in [5.74, 6) is 1.08. The molecule has 0 atom stereocenters. The first-order valence-corrected chi connectivity index (χ1v) is 8.62. The molecule has 20 heavy (non-hydrogen) atoms. The maximum absolute atomic E-state index is 12.7. The van der Waals surface area contributed by atoms with Crippen LogP contribution >= 0.6 is 0 Å². The summed E-state index contributed by atoms with van der Waals surface area (Å²) in [7, 11) is 0. The fraction of sp³-hybridized carbons (Fsp3) is 0.941. The van der Waals surface area contributed by atoms with Crippen LogP contribution < -0.4 is 11.1 Å². The van der Waals surface area contributed by atoms with Gasteiger partial charge in [0.05, 0.1) is 5.41 Å². The van der Waals surface area contributed by atoms with Crippen molar-refractivity contribution < 1.29 is 4.79 Å². The van der Waals surface area contributed by atoms with Crippen molar-refractivity contribution in [3.05, 3.63) is 0 Å². The lowest BCUT2D eigenvalue weighted by atomic mass is 9.77. The monoisotopic (exact) mass is 282 g/mol. The molecule has 0 aromatic rings. The molecule has 1 aliphatic rings. The van der Waals surface area contributed by atoms with Crippen molar-refractivity contribution in [3.63, 3.8) is 0 Å². The largest absolute Gasteiger partial charge is 0.353 e. The van der Waals surface area contributed by atoms with Crippen molar-refractivity contribution in [2.24, 2.45) is 17.1 Å². The number of nitrogens with two attached hydrogens (primary N) is 1. The van der Waals surface area contributed by atoms with Gasteiger partial charge in [-0.2, -0.15) is 0 Å². The molecule has 0 heterocycles. The summed E-state index contributed by atoms with van der Waals surface area (Å²) in [4.78, 5) is 12.7. The zero-order chi connectivity index (χ0) is 15.0. The minimum absolute atomic E-state index is 0.212. The van der Waals surface area contributed by atoms with Crippen molar-refractivity contribution in [1.29, 1.82) is 0 Å². The van der Waals surface area contributed by atoms with E-state index in [2.05, 4.69) is 26.1 Å². The smallest absolute Gasteiger partial charge is 0.227 e. The Labute approximate surface area is 125 Å². The van der Waals surface area contributed by atoms with Gasteiger partial charge in [-0.3, -0.25) is 4.79 Å². The summed E-state index contributed by atoms with van der Waals surface area (Å²) in [5, 5.41) is 3.31. The van der Waals surface area contributed by atoms with Crippen LogP contribution in [-0.2, 0) is 4.79 Å². The number of carbonyl (C=O) groups excluding carboxylic acids is 1. The molecule has 3 nitrogen and oxygen atoms in total. The van der Waals surface area contributed by atoms with Crippen molar-refractivity contribution >= 4 is 5.91 Å². The summed E-state index contributed by atoms with van der Waals surface area (Å²) in [5.41, 5.74) is 5.64. The third-order valence-electron chi connectivity index (χ3n) is 5.09. The summed E-state index contributed by atoms with van der Waals surface area (Å²) < 4.78 is 0. The van der Waals surface area contributed by atoms with Crippen LogP contribution in [0.2, 0.25) is 0 Å². The topological polar surface area (TPSA) is 55.1 Å². The highest BCUT2D eigenvalue weighted by Crippen LogP contribution is 2.31. The van der Waals surface area contributed by atoms with Gasteiger partial charge in [-0.15, -0.1) is 0 Å². The van der Waals surface area contributed by atoms with Gasteiger partial charge < -0.3 is 11.1 Å². The van der Waals surface area contributed by atoms with E-state index < -0.39 is 0 Å². The Morgan fingerprint density at radius 1 is 1.10 bits per heavy atom. The fourth-order valence-corrected chi connectivity index (χ4v) is 3.66. The van der Waals surface area contributed by atoms with E-state index in [1.807, 2.05) is 0 Å². The number of hydrogen-bond donors (Lipinski definition) is 2. The van der Waals surface area contributed by atoms with E-state index in [-0.39, 0.29) is 11.3 Å².